The Kier molecular flexibility index (Phi) is 5.79. The summed E-state index contributed by atoms with van der Waals surface area (Å²) in [6.45, 7) is 4.26. The Morgan fingerprint density at radius 3 is 0.740 bits per heavy atom. The Morgan fingerprint density at radius 1 is 0.300 bits per heavy atom. The van der Waals surface area contributed by atoms with Gasteiger partial charge in [-0.25, -0.2) is 0 Å². The molecule has 0 radical (unpaired) electrons. The van der Waals surface area contributed by atoms with E-state index in [0.29, 0.717) is 0 Å². The molecule has 0 aliphatic heterocycles. The van der Waals surface area contributed by atoms with Gasteiger partial charge in [-0.1, -0.05) is 132 Å². The Morgan fingerprint density at radius 2 is 0.520 bits per heavy atom. The van der Waals surface area contributed by atoms with Crippen molar-refractivity contribution in [2.24, 2.45) is 0 Å². The molecule has 4 bridgehead atoms. The molecule has 7 aromatic carbocycles. The summed E-state index contributed by atoms with van der Waals surface area (Å²) in [4.78, 5) is 0. The number of benzene rings is 7. The molecule has 0 saturated carbocycles. The Bertz CT molecular complexity index is 2130. The third-order valence-corrected chi connectivity index (χ3v) is 11.7. The van der Waals surface area contributed by atoms with Crippen LogP contribution in [-0.4, -0.2) is 0 Å². The molecular weight excluding hydrogens is 609 g/mol. The zero-order valence-electron chi connectivity index (χ0n) is 28.0. The molecule has 238 valence electrons. The van der Waals surface area contributed by atoms with Crippen LogP contribution in [0.2, 0.25) is 0 Å². The number of hydrogen-bond acceptors (Lipinski definition) is 2. The molecule has 7 aromatic rings. The predicted molar refractivity (Wildman–Crippen MR) is 198 cm³/mol. The fourth-order valence-corrected chi connectivity index (χ4v) is 9.65. The van der Waals surface area contributed by atoms with Gasteiger partial charge in [-0.3, -0.25) is 0 Å². The summed E-state index contributed by atoms with van der Waals surface area (Å²) in [5.74, 6) is 3.76. The molecule has 2 heteroatoms. The van der Waals surface area contributed by atoms with Gasteiger partial charge in [0.25, 0.3) is 0 Å². The van der Waals surface area contributed by atoms with Crippen molar-refractivity contribution in [2.45, 2.75) is 37.5 Å². The van der Waals surface area contributed by atoms with Crippen LogP contribution in [0, 0.1) is 13.8 Å². The highest BCUT2D eigenvalue weighted by Gasteiger charge is 2.52. The molecule has 6 aliphatic carbocycles. The average molecular weight is 643 g/mol. The van der Waals surface area contributed by atoms with Crippen LogP contribution >= 0.6 is 0 Å². The van der Waals surface area contributed by atoms with Gasteiger partial charge in [0, 0.05) is 45.9 Å². The highest BCUT2D eigenvalue weighted by Crippen LogP contribution is 2.68. The predicted octanol–water partition coefficient (Wildman–Crippen LogP) is 11.9. The average Bonchev–Trinajstić information content (AvgIpc) is 3.17. The number of aryl methyl sites for hydroxylation is 2. The zero-order chi connectivity index (χ0) is 33.1. The maximum absolute atomic E-state index is 7.36. The molecule has 2 nitrogen and oxygen atoms in total. The monoisotopic (exact) mass is 642 g/mol. The molecule has 0 fully saturated rings. The van der Waals surface area contributed by atoms with E-state index < -0.39 is 0 Å². The van der Waals surface area contributed by atoms with Crippen molar-refractivity contribution in [3.8, 4) is 23.0 Å². The van der Waals surface area contributed by atoms with Crippen LogP contribution in [0.3, 0.4) is 0 Å². The first-order chi connectivity index (χ1) is 24.7. The lowest BCUT2D eigenvalue weighted by atomic mass is 9.55. The van der Waals surface area contributed by atoms with Crippen molar-refractivity contribution < 1.29 is 9.47 Å². The van der Waals surface area contributed by atoms with E-state index in [0.717, 1.165) is 23.0 Å². The van der Waals surface area contributed by atoms with E-state index in [4.69, 9.17) is 9.47 Å². The summed E-state index contributed by atoms with van der Waals surface area (Å²) in [6.07, 6.45) is 0. The first-order valence-electron chi connectivity index (χ1n) is 17.7. The summed E-state index contributed by atoms with van der Waals surface area (Å²) in [5, 5.41) is 0. The molecule has 0 atom stereocenters. The Labute approximate surface area is 292 Å². The molecule has 0 unspecified atom stereocenters. The number of ether oxygens (including phenoxy) is 2. The van der Waals surface area contributed by atoms with Gasteiger partial charge in [-0.15, -0.1) is 0 Å². The van der Waals surface area contributed by atoms with Gasteiger partial charge in [-0.05, 0) is 82.6 Å². The molecule has 0 saturated heterocycles. The first kappa shape index (κ1) is 28.0. The normalized spacial score (nSPS) is 19.4. The smallest absolute Gasteiger partial charge is 0.136 e. The summed E-state index contributed by atoms with van der Waals surface area (Å²) < 4.78 is 14.7. The molecule has 0 N–H and O–H groups in total. The fraction of sp³-hybridized carbons (Fsp3) is 0.125. The second-order valence-corrected chi connectivity index (χ2v) is 14.4. The molecule has 0 heterocycles. The molecule has 0 amide bonds. The topological polar surface area (TPSA) is 18.5 Å². The number of hydrogen-bond donors (Lipinski definition) is 0. The maximum atomic E-state index is 7.36. The van der Waals surface area contributed by atoms with Gasteiger partial charge in [-0.2, -0.15) is 0 Å². The van der Waals surface area contributed by atoms with Crippen LogP contribution in [0.4, 0.5) is 0 Å². The second-order valence-electron chi connectivity index (χ2n) is 14.4. The Hall–Kier alpha value is -5.86. The van der Waals surface area contributed by atoms with E-state index in [2.05, 4.69) is 159 Å². The van der Waals surface area contributed by atoms with Crippen molar-refractivity contribution >= 4 is 0 Å². The highest BCUT2D eigenvalue weighted by molar-refractivity contribution is 5.82. The van der Waals surface area contributed by atoms with Crippen molar-refractivity contribution in [2.75, 3.05) is 0 Å². The Balaban J connectivity index is 1.31. The van der Waals surface area contributed by atoms with Gasteiger partial charge in [0.15, 0.2) is 0 Å². The van der Waals surface area contributed by atoms with Crippen LogP contribution in [0.25, 0.3) is 0 Å². The maximum Gasteiger partial charge on any atom is 0.136 e. The lowest BCUT2D eigenvalue weighted by Gasteiger charge is -2.48. The molecule has 13 rings (SSSR count). The van der Waals surface area contributed by atoms with Gasteiger partial charge < -0.3 is 9.47 Å². The minimum Gasteiger partial charge on any atom is -0.457 e. The van der Waals surface area contributed by atoms with Crippen LogP contribution in [0.5, 0.6) is 23.0 Å². The van der Waals surface area contributed by atoms with E-state index in [-0.39, 0.29) is 23.7 Å². The van der Waals surface area contributed by atoms with Gasteiger partial charge in [0.05, 0.1) is 0 Å². The quantitative estimate of drug-likeness (QED) is 0.190. The largest absolute Gasteiger partial charge is 0.457 e. The van der Waals surface area contributed by atoms with Crippen LogP contribution in [0.15, 0.2) is 146 Å². The van der Waals surface area contributed by atoms with E-state index in [1.165, 1.54) is 77.9 Å². The zero-order valence-corrected chi connectivity index (χ0v) is 28.0. The summed E-state index contributed by atoms with van der Waals surface area (Å²) in [6, 6.07) is 53.3. The number of rotatable bonds is 4. The summed E-state index contributed by atoms with van der Waals surface area (Å²) in [7, 11) is 0. The third-order valence-electron chi connectivity index (χ3n) is 11.7. The molecule has 0 aromatic heterocycles. The van der Waals surface area contributed by atoms with Gasteiger partial charge in [0.1, 0.15) is 23.0 Å². The van der Waals surface area contributed by atoms with E-state index >= 15 is 0 Å². The lowest BCUT2D eigenvalue weighted by molar-refractivity contribution is 0.433. The first-order valence-corrected chi connectivity index (χ1v) is 17.7. The molecular formula is C48H34O2. The minimum atomic E-state index is 0.0134. The van der Waals surface area contributed by atoms with Gasteiger partial charge >= 0.3 is 0 Å². The lowest BCUT2D eigenvalue weighted by Crippen LogP contribution is -2.33. The van der Waals surface area contributed by atoms with Crippen molar-refractivity contribution in [1.29, 1.82) is 0 Å². The minimum absolute atomic E-state index is 0.0134. The highest BCUT2D eigenvalue weighted by atomic mass is 16.5. The van der Waals surface area contributed by atoms with E-state index in [9.17, 15) is 0 Å². The fourth-order valence-electron chi connectivity index (χ4n) is 9.65. The standard InChI is InChI=1S/C48H34O2/c1-27-19-23-29(24-20-27)49-47-43-39-31-11-3-7-15-35(31)41(36-16-8-4-12-32(36)39)45(43)48(50-30-25-21-28(2)22-26-30)46-42-37-17-9-5-13-33(37)40(44(46)47)34-14-6-10-18-38(34)42/h3-26,39-42H,1-2H3. The van der Waals surface area contributed by atoms with Crippen LogP contribution in [0.1, 0.15) is 102 Å². The van der Waals surface area contributed by atoms with Crippen molar-refractivity contribution in [3.05, 3.63) is 223 Å². The molecule has 50 heavy (non-hydrogen) atoms. The van der Waals surface area contributed by atoms with Crippen molar-refractivity contribution in [1.82, 2.24) is 0 Å². The van der Waals surface area contributed by atoms with E-state index in [1.807, 2.05) is 0 Å². The molecule has 0 spiro atoms. The van der Waals surface area contributed by atoms with Crippen LogP contribution < -0.4 is 9.47 Å². The van der Waals surface area contributed by atoms with Gasteiger partial charge in [0.2, 0.25) is 0 Å². The second kappa shape index (κ2) is 10.3. The van der Waals surface area contributed by atoms with E-state index in [1.54, 1.807) is 0 Å². The molecule has 6 aliphatic rings. The third kappa shape index (κ3) is 3.74. The summed E-state index contributed by atoms with van der Waals surface area (Å²) >= 11 is 0. The summed E-state index contributed by atoms with van der Waals surface area (Å²) in [5.41, 5.74) is 18.3. The SMILES string of the molecule is Cc1ccc(Oc2c3c(c(Oc4ccc(C)cc4)c4c2C2c5ccccc5C4c4ccccc42)C2c4ccccc4C3c3ccccc32)cc1. The van der Waals surface area contributed by atoms with Crippen molar-refractivity contribution in [3.63, 3.8) is 0 Å². The van der Waals surface area contributed by atoms with Crippen LogP contribution in [-0.2, 0) is 0 Å².